The van der Waals surface area contributed by atoms with Crippen LogP contribution in [0, 0.1) is 0 Å². The number of hydrogen-bond acceptors (Lipinski definition) is 8. The summed E-state index contributed by atoms with van der Waals surface area (Å²) in [5, 5.41) is 4.00. The van der Waals surface area contributed by atoms with E-state index in [1.54, 1.807) is 36.3 Å². The van der Waals surface area contributed by atoms with Crippen LogP contribution in [0.4, 0.5) is 0 Å². The largest absolute Gasteiger partial charge is 0.497 e. The number of nitrogens with zero attached hydrogens (tertiary/aromatic N) is 2. The molecule has 178 valence electrons. The van der Waals surface area contributed by atoms with Gasteiger partial charge in [0.15, 0.2) is 32.8 Å². The number of benzene rings is 2. The summed E-state index contributed by atoms with van der Waals surface area (Å²) in [7, 11) is -1.63. The van der Waals surface area contributed by atoms with E-state index in [0.717, 1.165) is 5.56 Å². The Labute approximate surface area is 197 Å². The van der Waals surface area contributed by atoms with E-state index in [-0.39, 0.29) is 23.7 Å². The Morgan fingerprint density at radius 3 is 2.71 bits per heavy atom. The minimum atomic E-state index is -3.20. The molecule has 2 aromatic carbocycles. The lowest BCUT2D eigenvalue weighted by molar-refractivity contribution is 0.0670. The number of carbonyl (C=O) groups is 1. The van der Waals surface area contributed by atoms with Crippen molar-refractivity contribution >= 4 is 15.7 Å². The number of methoxy groups -OCH3 is 1. The summed E-state index contributed by atoms with van der Waals surface area (Å²) in [5.74, 6) is 1.90. The first kappa shape index (κ1) is 22.3. The van der Waals surface area contributed by atoms with Gasteiger partial charge in [-0.1, -0.05) is 17.3 Å². The van der Waals surface area contributed by atoms with E-state index in [1.165, 1.54) is 0 Å². The highest BCUT2D eigenvalue weighted by Gasteiger charge is 2.36. The van der Waals surface area contributed by atoms with E-state index >= 15 is 0 Å². The Morgan fingerprint density at radius 1 is 1.12 bits per heavy atom. The Kier molecular flexibility index (Phi) is 5.91. The summed E-state index contributed by atoms with van der Waals surface area (Å²) in [6, 6.07) is 13.8. The van der Waals surface area contributed by atoms with Crippen LogP contribution < -0.4 is 14.2 Å². The number of amides is 1. The first-order valence-electron chi connectivity index (χ1n) is 10.9. The van der Waals surface area contributed by atoms with Crippen molar-refractivity contribution in [2.24, 2.45) is 0 Å². The predicted octanol–water partition coefficient (Wildman–Crippen LogP) is 2.95. The monoisotopic (exact) mass is 484 g/mol. The van der Waals surface area contributed by atoms with Crippen molar-refractivity contribution < 1.29 is 31.9 Å². The van der Waals surface area contributed by atoms with Crippen molar-refractivity contribution in [2.75, 3.05) is 31.8 Å². The predicted molar refractivity (Wildman–Crippen MR) is 123 cm³/mol. The molecule has 0 N–H and O–H groups in total. The third kappa shape index (κ3) is 4.58. The molecule has 34 heavy (non-hydrogen) atoms. The van der Waals surface area contributed by atoms with Crippen molar-refractivity contribution in [3.8, 4) is 28.6 Å². The number of fused-ring (bicyclic) bond motifs is 1. The van der Waals surface area contributed by atoms with E-state index in [9.17, 15) is 13.2 Å². The van der Waals surface area contributed by atoms with Crippen LogP contribution in [0.15, 0.2) is 53.1 Å². The van der Waals surface area contributed by atoms with E-state index in [0.29, 0.717) is 48.2 Å². The molecule has 1 saturated heterocycles. The summed E-state index contributed by atoms with van der Waals surface area (Å²) in [5.41, 5.74) is 1.63. The molecular weight excluding hydrogens is 460 g/mol. The van der Waals surface area contributed by atoms with Gasteiger partial charge in [-0.25, -0.2) is 8.42 Å². The molecule has 1 fully saturated rings. The van der Waals surface area contributed by atoms with Crippen LogP contribution in [0.2, 0.25) is 0 Å². The first-order chi connectivity index (χ1) is 16.4. The molecule has 1 amide bonds. The first-order valence-corrected chi connectivity index (χ1v) is 12.7. The highest BCUT2D eigenvalue weighted by Crippen LogP contribution is 2.35. The van der Waals surface area contributed by atoms with Gasteiger partial charge in [-0.3, -0.25) is 4.79 Å². The fraction of sp³-hybridized carbons (Fsp3) is 0.333. The smallest absolute Gasteiger partial charge is 0.276 e. The number of rotatable bonds is 6. The van der Waals surface area contributed by atoms with Gasteiger partial charge in [-0.05, 0) is 42.3 Å². The zero-order chi connectivity index (χ0) is 23.7. The second-order valence-corrected chi connectivity index (χ2v) is 10.5. The molecular formula is C24H24N2O7S. The van der Waals surface area contributed by atoms with E-state index in [1.807, 2.05) is 24.3 Å². The molecule has 0 bridgehead atoms. The van der Waals surface area contributed by atoms with Crippen LogP contribution in [0.3, 0.4) is 0 Å². The summed E-state index contributed by atoms with van der Waals surface area (Å²) in [4.78, 5) is 15.1. The van der Waals surface area contributed by atoms with Gasteiger partial charge in [0.05, 0.1) is 18.6 Å². The van der Waals surface area contributed by atoms with Crippen molar-refractivity contribution in [2.45, 2.75) is 19.0 Å². The summed E-state index contributed by atoms with van der Waals surface area (Å²) in [6.07, 6.45) is 0.380. The second kappa shape index (κ2) is 9.02. The molecule has 1 aromatic heterocycles. The number of aromatic nitrogens is 1. The fourth-order valence-electron chi connectivity index (χ4n) is 4.21. The van der Waals surface area contributed by atoms with E-state index in [2.05, 4.69) is 5.16 Å². The van der Waals surface area contributed by atoms with Gasteiger partial charge in [0, 0.05) is 24.2 Å². The molecule has 5 rings (SSSR count). The zero-order valence-electron chi connectivity index (χ0n) is 18.6. The Hall–Kier alpha value is -3.53. The Balaban J connectivity index is 1.42. The minimum absolute atomic E-state index is 0.0564. The number of hydrogen-bond donors (Lipinski definition) is 0. The van der Waals surface area contributed by atoms with Gasteiger partial charge in [-0.2, -0.15) is 0 Å². The van der Waals surface area contributed by atoms with Crippen molar-refractivity contribution in [3.05, 3.63) is 59.8 Å². The van der Waals surface area contributed by atoms with Gasteiger partial charge in [0.2, 0.25) is 0 Å². The maximum atomic E-state index is 13.5. The SMILES string of the molecule is COc1cccc(CN(C(=O)c2cc(-c3ccc4c(c3)OCCO4)on2)[C@H]2CCS(=O)(=O)C2)c1. The van der Waals surface area contributed by atoms with E-state index < -0.39 is 21.8 Å². The van der Waals surface area contributed by atoms with E-state index in [4.69, 9.17) is 18.7 Å². The molecule has 2 aliphatic heterocycles. The molecule has 2 aliphatic rings. The van der Waals surface area contributed by atoms with Crippen LogP contribution in [0.1, 0.15) is 22.5 Å². The summed E-state index contributed by atoms with van der Waals surface area (Å²) < 4.78 is 46.2. The van der Waals surface area contributed by atoms with Crippen LogP contribution >= 0.6 is 0 Å². The van der Waals surface area contributed by atoms with Crippen molar-refractivity contribution in [1.29, 1.82) is 0 Å². The van der Waals surface area contributed by atoms with Gasteiger partial charge < -0.3 is 23.6 Å². The van der Waals surface area contributed by atoms with Crippen LogP contribution in [-0.2, 0) is 16.4 Å². The highest BCUT2D eigenvalue weighted by atomic mass is 32.2. The molecule has 3 aromatic rings. The maximum absolute atomic E-state index is 13.5. The minimum Gasteiger partial charge on any atom is -0.497 e. The third-order valence-electron chi connectivity index (χ3n) is 5.95. The second-order valence-electron chi connectivity index (χ2n) is 8.28. The highest BCUT2D eigenvalue weighted by molar-refractivity contribution is 7.91. The van der Waals surface area contributed by atoms with Gasteiger partial charge in [-0.15, -0.1) is 0 Å². The molecule has 0 unspecified atom stereocenters. The summed E-state index contributed by atoms with van der Waals surface area (Å²) >= 11 is 0. The lowest BCUT2D eigenvalue weighted by Crippen LogP contribution is -2.40. The molecule has 3 heterocycles. The number of ether oxygens (including phenoxy) is 3. The maximum Gasteiger partial charge on any atom is 0.276 e. The molecule has 10 heteroatoms. The molecule has 0 spiro atoms. The van der Waals surface area contributed by atoms with Gasteiger partial charge >= 0.3 is 0 Å². The van der Waals surface area contributed by atoms with Crippen LogP contribution in [-0.4, -0.2) is 62.3 Å². The number of carbonyl (C=O) groups excluding carboxylic acids is 1. The molecule has 0 radical (unpaired) electrons. The van der Waals surface area contributed by atoms with Gasteiger partial charge in [0.1, 0.15) is 19.0 Å². The lowest BCUT2D eigenvalue weighted by atomic mass is 10.1. The van der Waals surface area contributed by atoms with Crippen molar-refractivity contribution in [3.63, 3.8) is 0 Å². The molecule has 0 saturated carbocycles. The van der Waals surface area contributed by atoms with Crippen LogP contribution in [0.5, 0.6) is 17.2 Å². The van der Waals surface area contributed by atoms with Crippen LogP contribution in [0.25, 0.3) is 11.3 Å². The normalized spacial score (nSPS) is 18.4. The lowest BCUT2D eigenvalue weighted by Gasteiger charge is -2.27. The number of sulfone groups is 1. The average molecular weight is 485 g/mol. The van der Waals surface area contributed by atoms with Gasteiger partial charge in [0.25, 0.3) is 5.91 Å². The fourth-order valence-corrected chi connectivity index (χ4v) is 5.94. The quantitative estimate of drug-likeness (QED) is 0.526. The topological polar surface area (TPSA) is 108 Å². The zero-order valence-corrected chi connectivity index (χ0v) is 19.4. The van der Waals surface area contributed by atoms with Crippen molar-refractivity contribution in [1.82, 2.24) is 10.1 Å². The average Bonchev–Trinajstić information content (AvgIpc) is 3.48. The third-order valence-corrected chi connectivity index (χ3v) is 7.70. The standard InChI is InChI=1S/C24H24N2O7S/c1-30-19-4-2-3-16(11-19)14-26(18-7-10-34(28,29)15-18)24(27)20-13-22(33-25-20)17-5-6-21-23(12-17)32-9-8-31-21/h2-6,11-13,18H,7-10,14-15H2,1H3/t18-/m0/s1. The molecule has 9 nitrogen and oxygen atoms in total. The molecule has 1 atom stereocenters. The Bertz CT molecular complexity index is 1320. The summed E-state index contributed by atoms with van der Waals surface area (Å²) in [6.45, 7) is 1.18. The Morgan fingerprint density at radius 2 is 1.94 bits per heavy atom. The molecule has 0 aliphatic carbocycles.